The molecule has 1 rings (SSSR count). The van der Waals surface area contributed by atoms with Crippen molar-refractivity contribution < 1.29 is 8.78 Å². The first kappa shape index (κ1) is 10.4. The van der Waals surface area contributed by atoms with Crippen LogP contribution < -0.4 is 5.32 Å². The number of benzene rings is 1. The summed E-state index contributed by atoms with van der Waals surface area (Å²) in [5, 5.41) is 3.13. The normalized spacial score (nSPS) is 13.0. The van der Waals surface area contributed by atoms with Crippen LogP contribution in [0.4, 0.5) is 8.78 Å². The van der Waals surface area contributed by atoms with E-state index < -0.39 is 11.6 Å². The number of nitrogens with one attached hydrogen (secondary N) is 1. The maximum absolute atomic E-state index is 12.8. The Morgan fingerprint density at radius 3 is 2.38 bits per heavy atom. The first-order chi connectivity index (χ1) is 6.06. The molecule has 0 saturated carbocycles. The maximum Gasteiger partial charge on any atom is 0.160 e. The summed E-state index contributed by atoms with van der Waals surface area (Å²) < 4.78 is 25.4. The summed E-state index contributed by atoms with van der Waals surface area (Å²) in [4.78, 5) is 0. The molecule has 0 heterocycles. The van der Waals surface area contributed by atoms with E-state index >= 15 is 0 Å². The standard InChI is InChI=1S/C9H10ClF2N/c1-5(13-2)6-3-8(11)9(12)4-7(6)10/h3-5,13H,1-2H3. The third kappa shape index (κ3) is 2.17. The van der Waals surface area contributed by atoms with Crippen LogP contribution in [0.2, 0.25) is 5.02 Å². The number of hydrogen-bond donors (Lipinski definition) is 1. The molecule has 4 heteroatoms. The highest BCUT2D eigenvalue weighted by Gasteiger charge is 2.12. The SMILES string of the molecule is CNC(C)c1cc(F)c(F)cc1Cl. The van der Waals surface area contributed by atoms with Crippen molar-refractivity contribution in [3.63, 3.8) is 0 Å². The third-order valence-electron chi connectivity index (χ3n) is 1.94. The minimum absolute atomic E-state index is 0.0948. The Bertz CT molecular complexity index is 315. The van der Waals surface area contributed by atoms with Crippen molar-refractivity contribution >= 4 is 11.6 Å². The summed E-state index contributed by atoms with van der Waals surface area (Å²) in [5.74, 6) is -1.79. The van der Waals surface area contributed by atoms with Gasteiger partial charge in [0.25, 0.3) is 0 Å². The molecule has 1 N–H and O–H groups in total. The highest BCUT2D eigenvalue weighted by molar-refractivity contribution is 6.31. The predicted molar refractivity (Wildman–Crippen MR) is 48.8 cm³/mol. The molecule has 0 radical (unpaired) electrons. The summed E-state index contributed by atoms with van der Waals surface area (Å²) >= 11 is 5.73. The molecule has 0 aliphatic carbocycles. The summed E-state index contributed by atoms with van der Waals surface area (Å²) in [7, 11) is 1.72. The fourth-order valence-electron chi connectivity index (χ4n) is 1.03. The smallest absolute Gasteiger partial charge is 0.160 e. The Morgan fingerprint density at radius 1 is 1.31 bits per heavy atom. The lowest BCUT2D eigenvalue weighted by molar-refractivity contribution is 0.504. The van der Waals surface area contributed by atoms with Gasteiger partial charge >= 0.3 is 0 Å². The van der Waals surface area contributed by atoms with Gasteiger partial charge in [-0.2, -0.15) is 0 Å². The predicted octanol–water partition coefficient (Wildman–Crippen LogP) is 2.90. The lowest BCUT2D eigenvalue weighted by atomic mass is 10.1. The van der Waals surface area contributed by atoms with Gasteiger partial charge < -0.3 is 5.32 Å². The Labute approximate surface area is 80.7 Å². The van der Waals surface area contributed by atoms with Crippen molar-refractivity contribution in [3.8, 4) is 0 Å². The Balaban J connectivity index is 3.15. The van der Waals surface area contributed by atoms with E-state index in [1.54, 1.807) is 7.05 Å². The monoisotopic (exact) mass is 205 g/mol. The van der Waals surface area contributed by atoms with E-state index in [1.165, 1.54) is 0 Å². The molecule has 13 heavy (non-hydrogen) atoms. The van der Waals surface area contributed by atoms with Crippen LogP contribution >= 0.6 is 11.6 Å². The third-order valence-corrected chi connectivity index (χ3v) is 2.27. The largest absolute Gasteiger partial charge is 0.313 e. The van der Waals surface area contributed by atoms with Crippen LogP contribution in [-0.4, -0.2) is 7.05 Å². The number of halogens is 3. The first-order valence-electron chi connectivity index (χ1n) is 3.88. The highest BCUT2D eigenvalue weighted by atomic mass is 35.5. The van der Waals surface area contributed by atoms with Crippen LogP contribution in [0.25, 0.3) is 0 Å². The van der Waals surface area contributed by atoms with Gasteiger partial charge in [-0.25, -0.2) is 8.78 Å². The average molecular weight is 206 g/mol. The van der Waals surface area contributed by atoms with Crippen LogP contribution in [-0.2, 0) is 0 Å². The number of rotatable bonds is 2. The van der Waals surface area contributed by atoms with Gasteiger partial charge in [0, 0.05) is 11.1 Å². The molecular weight excluding hydrogens is 196 g/mol. The van der Waals surface area contributed by atoms with Gasteiger partial charge in [-0.3, -0.25) is 0 Å². The molecule has 0 fully saturated rings. The van der Waals surface area contributed by atoms with E-state index in [2.05, 4.69) is 5.32 Å². The second-order valence-electron chi connectivity index (χ2n) is 2.80. The minimum atomic E-state index is -0.919. The van der Waals surface area contributed by atoms with Crippen LogP contribution in [0.5, 0.6) is 0 Å². The first-order valence-corrected chi connectivity index (χ1v) is 4.25. The topological polar surface area (TPSA) is 12.0 Å². The van der Waals surface area contributed by atoms with E-state index in [4.69, 9.17) is 11.6 Å². The summed E-state index contributed by atoms with van der Waals surface area (Å²) in [6, 6.07) is 2.00. The molecular formula is C9H10ClF2N. The van der Waals surface area contributed by atoms with Crippen molar-refractivity contribution in [1.82, 2.24) is 5.32 Å². The molecule has 1 aromatic carbocycles. The molecule has 1 nitrogen and oxygen atoms in total. The zero-order valence-electron chi connectivity index (χ0n) is 7.37. The second kappa shape index (κ2) is 4.03. The second-order valence-corrected chi connectivity index (χ2v) is 3.21. The van der Waals surface area contributed by atoms with Gasteiger partial charge in [-0.1, -0.05) is 11.6 Å². The lowest BCUT2D eigenvalue weighted by Crippen LogP contribution is -2.13. The van der Waals surface area contributed by atoms with Crippen LogP contribution in [0.1, 0.15) is 18.5 Å². The van der Waals surface area contributed by atoms with Crippen LogP contribution in [0.15, 0.2) is 12.1 Å². The number of hydrogen-bond acceptors (Lipinski definition) is 1. The van der Waals surface area contributed by atoms with Gasteiger partial charge in [0.2, 0.25) is 0 Å². The molecule has 1 atom stereocenters. The summed E-state index contributed by atoms with van der Waals surface area (Å²) in [6.45, 7) is 1.82. The molecule has 72 valence electrons. The van der Waals surface area contributed by atoms with Crippen molar-refractivity contribution in [2.75, 3.05) is 7.05 Å². The summed E-state index contributed by atoms with van der Waals surface area (Å²) in [6.07, 6.45) is 0. The Morgan fingerprint density at radius 2 is 1.85 bits per heavy atom. The van der Waals surface area contributed by atoms with Crippen molar-refractivity contribution in [1.29, 1.82) is 0 Å². The molecule has 0 amide bonds. The van der Waals surface area contributed by atoms with E-state index in [0.717, 1.165) is 12.1 Å². The van der Waals surface area contributed by atoms with Crippen molar-refractivity contribution in [2.24, 2.45) is 0 Å². The van der Waals surface area contributed by atoms with Gasteiger partial charge in [-0.05, 0) is 31.7 Å². The molecule has 0 aliphatic heterocycles. The van der Waals surface area contributed by atoms with Crippen LogP contribution in [0, 0.1) is 11.6 Å². The average Bonchev–Trinajstić information content (AvgIpc) is 2.10. The van der Waals surface area contributed by atoms with Gasteiger partial charge in [0.1, 0.15) is 0 Å². The molecule has 0 aliphatic rings. The lowest BCUT2D eigenvalue weighted by Gasteiger charge is -2.12. The molecule has 0 aromatic heterocycles. The zero-order chi connectivity index (χ0) is 10.0. The summed E-state index contributed by atoms with van der Waals surface area (Å²) in [5.41, 5.74) is 0.558. The van der Waals surface area contributed by atoms with E-state index in [1.807, 2.05) is 6.92 Å². The minimum Gasteiger partial charge on any atom is -0.313 e. The molecule has 1 aromatic rings. The van der Waals surface area contributed by atoms with E-state index in [9.17, 15) is 8.78 Å². The van der Waals surface area contributed by atoms with Crippen molar-refractivity contribution in [3.05, 3.63) is 34.4 Å². The van der Waals surface area contributed by atoms with E-state index in [0.29, 0.717) is 5.56 Å². The molecule has 1 unspecified atom stereocenters. The zero-order valence-corrected chi connectivity index (χ0v) is 8.12. The quantitative estimate of drug-likeness (QED) is 0.733. The molecule has 0 spiro atoms. The van der Waals surface area contributed by atoms with Crippen LogP contribution in [0.3, 0.4) is 0 Å². The molecule has 0 bridgehead atoms. The maximum atomic E-state index is 12.8. The van der Waals surface area contributed by atoms with Gasteiger partial charge in [0.15, 0.2) is 11.6 Å². The fraction of sp³-hybridized carbons (Fsp3) is 0.333. The van der Waals surface area contributed by atoms with Gasteiger partial charge in [0.05, 0.1) is 0 Å². The molecule has 0 saturated heterocycles. The fourth-order valence-corrected chi connectivity index (χ4v) is 1.34. The highest BCUT2D eigenvalue weighted by Crippen LogP contribution is 2.25. The Hall–Kier alpha value is -0.670. The van der Waals surface area contributed by atoms with E-state index in [-0.39, 0.29) is 11.1 Å². The van der Waals surface area contributed by atoms with Crippen molar-refractivity contribution in [2.45, 2.75) is 13.0 Å². The van der Waals surface area contributed by atoms with Gasteiger partial charge in [-0.15, -0.1) is 0 Å². The Kier molecular flexibility index (Phi) is 3.22.